The Bertz CT molecular complexity index is 2200. The number of para-hydroxylation sites is 1. The van der Waals surface area contributed by atoms with Crippen molar-refractivity contribution < 1.29 is 0 Å². The first-order valence-corrected chi connectivity index (χ1v) is 18.5. The zero-order chi connectivity index (χ0) is 33.0. The molecule has 0 saturated carbocycles. The molecule has 2 aromatic carbocycles. The van der Waals surface area contributed by atoms with Gasteiger partial charge in [-0.2, -0.15) is 0 Å². The van der Waals surface area contributed by atoms with E-state index in [1.54, 1.807) is 5.57 Å². The smallest absolute Gasteiger partial charge is 0.134 e. The van der Waals surface area contributed by atoms with Crippen LogP contribution in [0.25, 0.3) is 16.8 Å². The zero-order valence-corrected chi connectivity index (χ0v) is 28.3. The van der Waals surface area contributed by atoms with E-state index in [0.717, 1.165) is 55.6 Å². The van der Waals surface area contributed by atoms with E-state index in [1.165, 1.54) is 44.9 Å². The number of rotatable bonds is 5. The quantitative estimate of drug-likeness (QED) is 0.275. The molecule has 4 atom stereocenters. The Labute approximate surface area is 295 Å². The summed E-state index contributed by atoms with van der Waals surface area (Å²) < 4.78 is 0. The van der Waals surface area contributed by atoms with Gasteiger partial charge in [0.1, 0.15) is 5.82 Å². The summed E-state index contributed by atoms with van der Waals surface area (Å²) in [6.07, 6.45) is 39.2. The minimum Gasteiger partial charge on any atom is -0.337 e. The van der Waals surface area contributed by atoms with Gasteiger partial charge in [0.2, 0.25) is 0 Å². The second kappa shape index (κ2) is 12.2. The molecule has 50 heavy (non-hydrogen) atoms. The van der Waals surface area contributed by atoms with Crippen LogP contribution in [0.5, 0.6) is 0 Å². The Kier molecular flexibility index (Phi) is 7.18. The number of benzene rings is 2. The van der Waals surface area contributed by atoms with E-state index >= 15 is 0 Å². The molecule has 0 N–H and O–H groups in total. The van der Waals surface area contributed by atoms with Gasteiger partial charge in [-0.3, -0.25) is 0 Å². The molecule has 10 rings (SSSR count). The number of fused-ring (bicyclic) bond motifs is 5. The molecule has 5 aliphatic carbocycles. The third-order valence-electron chi connectivity index (χ3n) is 11.6. The van der Waals surface area contributed by atoms with Crippen LogP contribution in [0.1, 0.15) is 55.6 Å². The number of allylic oxidation sites excluding steroid dienone is 13. The maximum atomic E-state index is 5.41. The van der Waals surface area contributed by atoms with Gasteiger partial charge in [0.25, 0.3) is 0 Å². The molecule has 3 heterocycles. The summed E-state index contributed by atoms with van der Waals surface area (Å²) in [6.45, 7) is 0. The van der Waals surface area contributed by atoms with Crippen molar-refractivity contribution in [1.82, 2.24) is 9.88 Å². The lowest BCUT2D eigenvalue weighted by molar-refractivity contribution is 0.356. The van der Waals surface area contributed by atoms with Gasteiger partial charge in [0, 0.05) is 39.9 Å². The van der Waals surface area contributed by atoms with Crippen LogP contribution in [0.2, 0.25) is 0 Å². The topological polar surface area (TPSA) is 19.4 Å². The van der Waals surface area contributed by atoms with Crippen molar-refractivity contribution in [3.8, 4) is 11.3 Å². The van der Waals surface area contributed by atoms with Crippen LogP contribution in [-0.2, 0) is 0 Å². The maximum absolute atomic E-state index is 5.41. The predicted molar refractivity (Wildman–Crippen MR) is 207 cm³/mol. The zero-order valence-electron chi connectivity index (χ0n) is 28.3. The summed E-state index contributed by atoms with van der Waals surface area (Å²) in [5.41, 5.74) is 14.8. The van der Waals surface area contributed by atoms with E-state index in [1.807, 2.05) is 0 Å². The molecule has 0 spiro atoms. The third-order valence-corrected chi connectivity index (χ3v) is 11.6. The first kappa shape index (κ1) is 29.5. The lowest BCUT2D eigenvalue weighted by Crippen LogP contribution is -2.33. The van der Waals surface area contributed by atoms with Crippen molar-refractivity contribution in [2.24, 2.45) is 5.92 Å². The molecule has 244 valence electrons. The van der Waals surface area contributed by atoms with Gasteiger partial charge < -0.3 is 9.80 Å². The van der Waals surface area contributed by atoms with Gasteiger partial charge in [-0.1, -0.05) is 121 Å². The molecule has 0 radical (unpaired) electrons. The van der Waals surface area contributed by atoms with Crippen molar-refractivity contribution >= 4 is 17.1 Å². The lowest BCUT2D eigenvalue weighted by atomic mass is 9.82. The maximum Gasteiger partial charge on any atom is 0.134 e. The summed E-state index contributed by atoms with van der Waals surface area (Å²) in [5, 5.41) is 0. The van der Waals surface area contributed by atoms with Gasteiger partial charge in [0.15, 0.2) is 0 Å². The first-order valence-electron chi connectivity index (χ1n) is 18.5. The molecular weight excluding hydrogens is 607 g/mol. The van der Waals surface area contributed by atoms with Crippen LogP contribution in [0.4, 0.5) is 11.5 Å². The molecule has 3 aromatic rings. The number of anilines is 2. The molecule has 3 nitrogen and oxygen atoms in total. The standard InChI is InChI=1S/C47H41N3/c1-4-15-32(16-5-1)35-30-42(33-17-6-2-7-18-33)48-46(31-35)50-44-26-13-11-22-39(44)41-29-34(27-28-45(41)50)37-23-14-24-40-38-21-10-12-25-43(38)49(47(37)40)36-19-8-3-9-20-36/h1-8,10-13,15,17-19,21-23,25-27,29-32,38,43,45H,9,14,16,20,24,28H2. The fourth-order valence-electron chi connectivity index (χ4n) is 9.28. The van der Waals surface area contributed by atoms with Gasteiger partial charge in [0.05, 0.1) is 23.5 Å². The van der Waals surface area contributed by atoms with Gasteiger partial charge in [-0.05, 0) is 91.2 Å². The molecular formula is C47H41N3. The Morgan fingerprint density at radius 3 is 2.48 bits per heavy atom. The molecule has 0 fully saturated rings. The highest BCUT2D eigenvalue weighted by Gasteiger charge is 2.44. The molecule has 3 heteroatoms. The van der Waals surface area contributed by atoms with E-state index in [4.69, 9.17) is 4.98 Å². The van der Waals surface area contributed by atoms with Crippen LogP contribution < -0.4 is 4.90 Å². The Morgan fingerprint density at radius 2 is 1.60 bits per heavy atom. The highest BCUT2D eigenvalue weighted by Crippen LogP contribution is 2.53. The largest absolute Gasteiger partial charge is 0.337 e. The van der Waals surface area contributed by atoms with Crippen molar-refractivity contribution in [3.63, 3.8) is 0 Å². The van der Waals surface area contributed by atoms with E-state index in [9.17, 15) is 0 Å². The van der Waals surface area contributed by atoms with Crippen LogP contribution in [0, 0.1) is 5.92 Å². The summed E-state index contributed by atoms with van der Waals surface area (Å²) in [5.74, 6) is 1.82. The van der Waals surface area contributed by atoms with Crippen molar-refractivity contribution in [2.45, 2.75) is 56.5 Å². The van der Waals surface area contributed by atoms with Crippen molar-refractivity contribution in [2.75, 3.05) is 4.90 Å². The van der Waals surface area contributed by atoms with Crippen LogP contribution in [-0.4, -0.2) is 22.0 Å². The molecule has 0 bridgehead atoms. The number of aromatic nitrogens is 1. The Hall–Kier alpha value is -5.41. The molecule has 0 saturated heterocycles. The van der Waals surface area contributed by atoms with Crippen LogP contribution in [0.15, 0.2) is 180 Å². The second-order valence-electron chi connectivity index (χ2n) is 14.4. The third kappa shape index (κ3) is 4.82. The van der Waals surface area contributed by atoms with E-state index in [2.05, 4.69) is 162 Å². The average molecular weight is 648 g/mol. The van der Waals surface area contributed by atoms with Gasteiger partial charge in [-0.25, -0.2) is 4.98 Å². The highest BCUT2D eigenvalue weighted by atomic mass is 15.2. The lowest BCUT2D eigenvalue weighted by Gasteiger charge is -2.35. The fraction of sp³-hybridized carbons (Fsp3) is 0.213. The van der Waals surface area contributed by atoms with E-state index in [-0.39, 0.29) is 6.04 Å². The average Bonchev–Trinajstić information content (AvgIpc) is 3.71. The minimum absolute atomic E-state index is 0.196. The van der Waals surface area contributed by atoms with Crippen LogP contribution in [0.3, 0.4) is 0 Å². The molecule has 1 aromatic heterocycles. The highest BCUT2D eigenvalue weighted by molar-refractivity contribution is 5.94. The Morgan fingerprint density at radius 1 is 0.720 bits per heavy atom. The summed E-state index contributed by atoms with van der Waals surface area (Å²) in [6, 6.07) is 24.9. The summed E-state index contributed by atoms with van der Waals surface area (Å²) in [4.78, 5) is 10.6. The minimum atomic E-state index is 0.196. The number of nitrogens with zero attached hydrogens (tertiary/aromatic N) is 3. The van der Waals surface area contributed by atoms with Gasteiger partial charge in [-0.15, -0.1) is 0 Å². The number of pyridine rings is 1. The predicted octanol–water partition coefficient (Wildman–Crippen LogP) is 11.2. The molecule has 4 unspecified atom stereocenters. The second-order valence-corrected chi connectivity index (χ2v) is 14.4. The monoisotopic (exact) mass is 647 g/mol. The summed E-state index contributed by atoms with van der Waals surface area (Å²) >= 11 is 0. The van der Waals surface area contributed by atoms with E-state index in [0.29, 0.717) is 17.9 Å². The fourth-order valence-corrected chi connectivity index (χ4v) is 9.28. The first-order chi connectivity index (χ1) is 24.8. The van der Waals surface area contributed by atoms with Crippen molar-refractivity contribution in [1.29, 1.82) is 0 Å². The normalized spacial score (nSPS) is 25.8. The van der Waals surface area contributed by atoms with E-state index < -0.39 is 0 Å². The Balaban J connectivity index is 1.06. The molecule has 2 aliphatic heterocycles. The molecule has 0 amide bonds. The summed E-state index contributed by atoms with van der Waals surface area (Å²) in [7, 11) is 0. The van der Waals surface area contributed by atoms with Gasteiger partial charge >= 0.3 is 0 Å². The SMILES string of the molecule is C1=CCCC(N2C3=C(CCC=C3C3=CCC4C(=C3)c3ccccc3N4c3cc(C4C=CC=CC4)cc(-c4ccccc4)n3)C3C=CC=CC32)=C1. The number of hydrogen-bond donors (Lipinski definition) is 0. The number of hydrogen-bond acceptors (Lipinski definition) is 3. The van der Waals surface area contributed by atoms with Crippen LogP contribution >= 0.6 is 0 Å². The molecule has 7 aliphatic rings. The van der Waals surface area contributed by atoms with Crippen molar-refractivity contribution in [3.05, 3.63) is 191 Å².